The number of hydrogen-bond acceptors (Lipinski definition) is 5. The Bertz CT molecular complexity index is 1410. The van der Waals surface area contributed by atoms with Gasteiger partial charge in [-0.1, -0.05) is 12.0 Å². The molecular formula is C26H26N6O. The van der Waals surface area contributed by atoms with Crippen LogP contribution in [0.2, 0.25) is 0 Å². The lowest BCUT2D eigenvalue weighted by Gasteiger charge is -2.12. The Morgan fingerprint density at radius 2 is 1.91 bits per heavy atom. The predicted molar refractivity (Wildman–Crippen MR) is 131 cm³/mol. The zero-order chi connectivity index (χ0) is 23.5. The van der Waals surface area contributed by atoms with E-state index >= 15 is 0 Å². The van der Waals surface area contributed by atoms with Gasteiger partial charge in [0.1, 0.15) is 11.5 Å². The molecule has 1 amide bonds. The van der Waals surface area contributed by atoms with Crippen LogP contribution in [0.15, 0.2) is 48.8 Å². The van der Waals surface area contributed by atoms with Crippen LogP contribution in [-0.4, -0.2) is 38.7 Å². The molecule has 0 bridgehead atoms. The van der Waals surface area contributed by atoms with E-state index in [2.05, 4.69) is 32.6 Å². The smallest absolute Gasteiger partial charge is 0.242 e. The molecule has 3 heterocycles. The molecule has 2 N–H and O–H groups in total. The average Bonchev–Trinajstić information content (AvgIpc) is 3.08. The summed E-state index contributed by atoms with van der Waals surface area (Å²) < 4.78 is 1.85. The molecule has 0 saturated carbocycles. The first kappa shape index (κ1) is 22.2. The van der Waals surface area contributed by atoms with Crippen LogP contribution in [-0.2, 0) is 11.8 Å². The molecule has 0 saturated heterocycles. The molecule has 7 heteroatoms. The number of pyridine rings is 2. The minimum absolute atomic E-state index is 0.159. The van der Waals surface area contributed by atoms with E-state index < -0.39 is 0 Å². The summed E-state index contributed by atoms with van der Waals surface area (Å²) in [7, 11) is 3.66. The number of nitrogens with zero attached hydrogens (tertiary/aromatic N) is 4. The summed E-state index contributed by atoms with van der Waals surface area (Å²) >= 11 is 0. The molecule has 0 spiro atoms. The predicted octanol–water partition coefficient (Wildman–Crippen LogP) is 3.59. The second-order valence-corrected chi connectivity index (χ2v) is 7.95. The summed E-state index contributed by atoms with van der Waals surface area (Å²) in [5, 5.41) is 12.5. The number of aryl methyl sites for hydroxylation is 2. The molecule has 7 nitrogen and oxygen atoms in total. The molecule has 166 valence electrons. The molecule has 1 aromatic carbocycles. The Kier molecular flexibility index (Phi) is 6.20. The van der Waals surface area contributed by atoms with E-state index in [0.717, 1.165) is 38.9 Å². The van der Waals surface area contributed by atoms with Crippen LogP contribution in [0.1, 0.15) is 29.6 Å². The highest BCUT2D eigenvalue weighted by Gasteiger charge is 2.17. The van der Waals surface area contributed by atoms with Crippen LogP contribution >= 0.6 is 0 Å². The maximum absolute atomic E-state index is 12.4. The highest BCUT2D eigenvalue weighted by Crippen LogP contribution is 2.29. The number of amides is 1. The van der Waals surface area contributed by atoms with Crippen LogP contribution in [0.4, 0.5) is 5.82 Å². The maximum atomic E-state index is 12.4. The van der Waals surface area contributed by atoms with Crippen molar-refractivity contribution in [2.24, 2.45) is 7.05 Å². The van der Waals surface area contributed by atoms with Gasteiger partial charge >= 0.3 is 0 Å². The largest absolute Gasteiger partial charge is 0.309 e. The van der Waals surface area contributed by atoms with Gasteiger partial charge in [0, 0.05) is 47.2 Å². The number of fused-ring (bicyclic) bond motifs is 1. The lowest BCUT2D eigenvalue weighted by molar-refractivity contribution is -0.117. The van der Waals surface area contributed by atoms with Crippen molar-refractivity contribution in [3.63, 3.8) is 0 Å². The van der Waals surface area contributed by atoms with Crippen molar-refractivity contribution in [2.45, 2.75) is 26.8 Å². The van der Waals surface area contributed by atoms with Crippen molar-refractivity contribution in [3.05, 3.63) is 71.4 Å². The zero-order valence-corrected chi connectivity index (χ0v) is 19.4. The first-order chi connectivity index (χ1) is 15.9. The minimum Gasteiger partial charge on any atom is -0.309 e. The molecule has 0 aliphatic carbocycles. The SMILES string of the molecule is CNC(C)C(=O)Nc1ccc(-c2c(C)nn(C)c2C)c(C#Cc2ccc3cnccc3c2)n1. The number of hydrogen-bond donors (Lipinski definition) is 2. The first-order valence-electron chi connectivity index (χ1n) is 10.7. The van der Waals surface area contributed by atoms with Crippen molar-refractivity contribution in [2.75, 3.05) is 12.4 Å². The minimum atomic E-state index is -0.337. The van der Waals surface area contributed by atoms with Crippen molar-refractivity contribution in [1.29, 1.82) is 0 Å². The summed E-state index contributed by atoms with van der Waals surface area (Å²) in [6.45, 7) is 5.79. The third kappa shape index (κ3) is 4.61. The Labute approximate surface area is 193 Å². The van der Waals surface area contributed by atoms with Gasteiger partial charge in [0.05, 0.1) is 11.7 Å². The standard InChI is InChI=1S/C26H26N6O/c1-16-25(18(3)32(5)31-16)22-9-11-24(30-26(33)17(2)27-4)29-23(22)10-7-19-6-8-21-15-28-13-12-20(21)14-19/h6,8-9,11-15,17,27H,1-5H3,(H,29,30,33). The fourth-order valence-electron chi connectivity index (χ4n) is 3.65. The van der Waals surface area contributed by atoms with Crippen LogP contribution in [0.5, 0.6) is 0 Å². The monoisotopic (exact) mass is 438 g/mol. The molecular weight excluding hydrogens is 412 g/mol. The number of anilines is 1. The molecule has 0 aliphatic heterocycles. The van der Waals surface area contributed by atoms with Gasteiger partial charge < -0.3 is 10.6 Å². The number of nitrogens with one attached hydrogen (secondary N) is 2. The van der Waals surface area contributed by atoms with Gasteiger partial charge in [-0.2, -0.15) is 5.10 Å². The lowest BCUT2D eigenvalue weighted by Crippen LogP contribution is -2.35. The lowest BCUT2D eigenvalue weighted by atomic mass is 10.0. The van der Waals surface area contributed by atoms with Gasteiger partial charge in [0.25, 0.3) is 0 Å². The number of aromatic nitrogens is 4. The van der Waals surface area contributed by atoms with E-state index in [9.17, 15) is 4.79 Å². The molecule has 33 heavy (non-hydrogen) atoms. The topological polar surface area (TPSA) is 84.7 Å². The van der Waals surface area contributed by atoms with Crippen molar-refractivity contribution in [1.82, 2.24) is 25.1 Å². The van der Waals surface area contributed by atoms with E-state index in [1.807, 2.05) is 62.1 Å². The van der Waals surface area contributed by atoms with Gasteiger partial charge in [0.2, 0.25) is 5.91 Å². The number of likely N-dealkylation sites (N-methyl/N-ethyl adjacent to an activating group) is 1. The molecule has 4 rings (SSSR count). The van der Waals surface area contributed by atoms with Crippen LogP contribution in [0.25, 0.3) is 21.9 Å². The Hall–Kier alpha value is -4.02. The quantitative estimate of drug-likeness (QED) is 0.476. The van der Waals surface area contributed by atoms with Gasteiger partial charge in [-0.3, -0.25) is 14.5 Å². The Morgan fingerprint density at radius 3 is 2.64 bits per heavy atom. The number of carbonyl (C=O) groups is 1. The van der Waals surface area contributed by atoms with E-state index in [1.54, 1.807) is 26.2 Å². The fourth-order valence-corrected chi connectivity index (χ4v) is 3.65. The summed E-state index contributed by atoms with van der Waals surface area (Å²) in [5.41, 5.74) is 5.27. The Balaban J connectivity index is 1.80. The fraction of sp³-hybridized carbons (Fsp3) is 0.231. The third-order valence-electron chi connectivity index (χ3n) is 5.72. The first-order valence-corrected chi connectivity index (χ1v) is 10.7. The van der Waals surface area contributed by atoms with Crippen molar-refractivity contribution < 1.29 is 4.79 Å². The van der Waals surface area contributed by atoms with E-state index in [1.165, 1.54) is 0 Å². The summed E-state index contributed by atoms with van der Waals surface area (Å²) in [6, 6.07) is 11.4. The summed E-state index contributed by atoms with van der Waals surface area (Å²) in [4.78, 5) is 21.2. The van der Waals surface area contributed by atoms with Crippen LogP contribution in [0, 0.1) is 25.7 Å². The highest BCUT2D eigenvalue weighted by molar-refractivity contribution is 5.94. The van der Waals surface area contributed by atoms with Crippen LogP contribution in [0.3, 0.4) is 0 Å². The van der Waals surface area contributed by atoms with Gasteiger partial charge in [-0.05, 0) is 69.5 Å². The number of benzene rings is 1. The molecule has 1 unspecified atom stereocenters. The summed E-state index contributed by atoms with van der Waals surface area (Å²) in [6.07, 6.45) is 3.60. The van der Waals surface area contributed by atoms with E-state index in [0.29, 0.717) is 11.5 Å². The molecule has 1 atom stereocenters. The van der Waals surface area contributed by atoms with Gasteiger partial charge in [-0.25, -0.2) is 4.98 Å². The Morgan fingerprint density at radius 1 is 1.09 bits per heavy atom. The molecule has 0 fully saturated rings. The number of rotatable bonds is 4. The summed E-state index contributed by atoms with van der Waals surface area (Å²) in [5.74, 6) is 6.77. The van der Waals surface area contributed by atoms with Crippen LogP contribution < -0.4 is 10.6 Å². The molecule has 4 aromatic rings. The zero-order valence-electron chi connectivity index (χ0n) is 19.4. The second kappa shape index (κ2) is 9.23. The van der Waals surface area contributed by atoms with Gasteiger partial charge in [-0.15, -0.1) is 0 Å². The normalized spacial score (nSPS) is 11.7. The third-order valence-corrected chi connectivity index (χ3v) is 5.72. The van der Waals surface area contributed by atoms with E-state index in [-0.39, 0.29) is 11.9 Å². The van der Waals surface area contributed by atoms with Crippen molar-refractivity contribution in [3.8, 4) is 23.0 Å². The number of carbonyl (C=O) groups excluding carboxylic acids is 1. The van der Waals surface area contributed by atoms with Gasteiger partial charge in [0.15, 0.2) is 0 Å². The second-order valence-electron chi connectivity index (χ2n) is 7.95. The van der Waals surface area contributed by atoms with Crippen molar-refractivity contribution >= 4 is 22.5 Å². The molecule has 3 aromatic heterocycles. The molecule has 0 aliphatic rings. The van der Waals surface area contributed by atoms with E-state index in [4.69, 9.17) is 4.98 Å². The average molecular weight is 439 g/mol. The maximum Gasteiger partial charge on any atom is 0.242 e. The molecule has 0 radical (unpaired) electrons. The highest BCUT2D eigenvalue weighted by atomic mass is 16.2.